The Morgan fingerprint density at radius 1 is 1.47 bits per heavy atom. The molecular weight excluding hydrogens is 252 g/mol. The number of rotatable bonds is 1. The van der Waals surface area contributed by atoms with Gasteiger partial charge in [-0.15, -0.1) is 11.6 Å². The lowest BCUT2D eigenvalue weighted by Gasteiger charge is -2.18. The minimum Gasteiger partial charge on any atom is -0.488 e. The third-order valence-electron chi connectivity index (χ3n) is 2.52. The number of alkyl halides is 1. The summed E-state index contributed by atoms with van der Waals surface area (Å²) in [6, 6.07) is 1.93. The summed E-state index contributed by atoms with van der Waals surface area (Å²) >= 11 is 5.45. The SMILES string of the molecule is O=C(CCl)N1CCOc2c(F)cc(F)cc2C1. The average molecular weight is 262 g/mol. The van der Waals surface area contributed by atoms with Crippen LogP contribution in [0.2, 0.25) is 0 Å². The second-order valence-corrected chi connectivity index (χ2v) is 3.94. The largest absolute Gasteiger partial charge is 0.488 e. The fourth-order valence-corrected chi connectivity index (χ4v) is 1.90. The summed E-state index contributed by atoms with van der Waals surface area (Å²) in [7, 11) is 0. The van der Waals surface area contributed by atoms with Crippen LogP contribution < -0.4 is 4.74 Å². The molecule has 0 bridgehead atoms. The summed E-state index contributed by atoms with van der Waals surface area (Å²) in [6.45, 7) is 0.578. The Hall–Kier alpha value is -1.36. The van der Waals surface area contributed by atoms with E-state index in [1.807, 2.05) is 0 Å². The highest BCUT2D eigenvalue weighted by Gasteiger charge is 2.22. The van der Waals surface area contributed by atoms with Gasteiger partial charge >= 0.3 is 0 Å². The lowest BCUT2D eigenvalue weighted by Crippen LogP contribution is -2.33. The van der Waals surface area contributed by atoms with E-state index in [0.717, 1.165) is 12.1 Å². The van der Waals surface area contributed by atoms with Crippen LogP contribution in [0.25, 0.3) is 0 Å². The second-order valence-electron chi connectivity index (χ2n) is 3.67. The quantitative estimate of drug-likeness (QED) is 0.723. The first kappa shape index (κ1) is 12.1. The topological polar surface area (TPSA) is 29.5 Å². The van der Waals surface area contributed by atoms with Gasteiger partial charge in [0.1, 0.15) is 18.3 Å². The Balaban J connectivity index is 2.34. The fourth-order valence-electron chi connectivity index (χ4n) is 1.73. The van der Waals surface area contributed by atoms with Gasteiger partial charge in [-0.3, -0.25) is 4.79 Å². The molecule has 1 amide bonds. The maximum atomic E-state index is 13.4. The van der Waals surface area contributed by atoms with Gasteiger partial charge < -0.3 is 9.64 Å². The van der Waals surface area contributed by atoms with Gasteiger partial charge in [0.15, 0.2) is 11.6 Å². The van der Waals surface area contributed by atoms with Crippen molar-refractivity contribution in [1.29, 1.82) is 0 Å². The summed E-state index contributed by atoms with van der Waals surface area (Å²) in [6.07, 6.45) is 0. The Morgan fingerprint density at radius 2 is 2.24 bits per heavy atom. The van der Waals surface area contributed by atoms with Crippen LogP contribution in [-0.2, 0) is 11.3 Å². The van der Waals surface area contributed by atoms with E-state index in [2.05, 4.69) is 0 Å². The van der Waals surface area contributed by atoms with Gasteiger partial charge in [-0.25, -0.2) is 8.78 Å². The third-order valence-corrected chi connectivity index (χ3v) is 2.75. The van der Waals surface area contributed by atoms with Crippen LogP contribution in [0.4, 0.5) is 8.78 Å². The first-order valence-electron chi connectivity index (χ1n) is 5.06. The molecule has 3 nitrogen and oxygen atoms in total. The Labute approximate surface area is 102 Å². The van der Waals surface area contributed by atoms with Crippen molar-refractivity contribution in [2.24, 2.45) is 0 Å². The summed E-state index contributed by atoms with van der Waals surface area (Å²) in [4.78, 5) is 12.9. The average Bonchev–Trinajstić information content (AvgIpc) is 2.50. The molecule has 1 aliphatic heterocycles. The number of fused-ring (bicyclic) bond motifs is 1. The van der Waals surface area contributed by atoms with Crippen molar-refractivity contribution >= 4 is 17.5 Å². The van der Waals surface area contributed by atoms with E-state index in [4.69, 9.17) is 16.3 Å². The zero-order valence-electron chi connectivity index (χ0n) is 8.88. The van der Waals surface area contributed by atoms with Crippen molar-refractivity contribution in [1.82, 2.24) is 4.90 Å². The molecule has 0 aromatic heterocycles. The van der Waals surface area contributed by atoms with Gasteiger partial charge in [0.25, 0.3) is 0 Å². The van der Waals surface area contributed by atoms with Crippen LogP contribution in [0.5, 0.6) is 5.75 Å². The Morgan fingerprint density at radius 3 is 2.94 bits per heavy atom. The van der Waals surface area contributed by atoms with E-state index >= 15 is 0 Å². The lowest BCUT2D eigenvalue weighted by atomic mass is 10.1. The number of hydrogen-bond donors (Lipinski definition) is 0. The molecule has 0 atom stereocenters. The van der Waals surface area contributed by atoms with Crippen LogP contribution in [0.1, 0.15) is 5.56 Å². The van der Waals surface area contributed by atoms with Crippen LogP contribution in [0.15, 0.2) is 12.1 Å². The molecule has 0 saturated heterocycles. The minimum absolute atomic E-state index is 0.0104. The molecule has 0 radical (unpaired) electrons. The molecular formula is C11H10ClF2NO2. The third kappa shape index (κ3) is 2.49. The molecule has 1 aromatic rings. The Bertz CT molecular complexity index is 453. The molecule has 17 heavy (non-hydrogen) atoms. The van der Waals surface area contributed by atoms with Crippen molar-refractivity contribution in [2.45, 2.75) is 6.54 Å². The number of ether oxygens (including phenoxy) is 1. The molecule has 6 heteroatoms. The molecule has 1 aliphatic rings. The molecule has 2 rings (SSSR count). The molecule has 0 N–H and O–H groups in total. The fraction of sp³-hybridized carbons (Fsp3) is 0.364. The number of amides is 1. The van der Waals surface area contributed by atoms with Crippen LogP contribution in [0, 0.1) is 11.6 Å². The van der Waals surface area contributed by atoms with E-state index in [9.17, 15) is 13.6 Å². The number of hydrogen-bond acceptors (Lipinski definition) is 2. The smallest absolute Gasteiger partial charge is 0.237 e. The first-order valence-corrected chi connectivity index (χ1v) is 5.59. The van der Waals surface area contributed by atoms with Gasteiger partial charge in [-0.1, -0.05) is 0 Å². The van der Waals surface area contributed by atoms with E-state index in [-0.39, 0.29) is 30.7 Å². The molecule has 0 unspecified atom stereocenters. The summed E-state index contributed by atoms with van der Waals surface area (Å²) < 4.78 is 31.7. The van der Waals surface area contributed by atoms with Gasteiger partial charge in [0, 0.05) is 18.2 Å². The van der Waals surface area contributed by atoms with E-state index in [0.29, 0.717) is 12.1 Å². The summed E-state index contributed by atoms with van der Waals surface area (Å²) in [5.41, 5.74) is 0.318. The van der Waals surface area contributed by atoms with Crippen molar-refractivity contribution in [3.63, 3.8) is 0 Å². The van der Waals surface area contributed by atoms with Crippen LogP contribution >= 0.6 is 11.6 Å². The van der Waals surface area contributed by atoms with Gasteiger partial charge in [0.2, 0.25) is 5.91 Å². The number of carbonyl (C=O) groups is 1. The highest BCUT2D eigenvalue weighted by atomic mass is 35.5. The number of nitrogens with zero attached hydrogens (tertiary/aromatic N) is 1. The lowest BCUT2D eigenvalue weighted by molar-refractivity contribution is -0.129. The zero-order valence-corrected chi connectivity index (χ0v) is 9.64. The van der Waals surface area contributed by atoms with Crippen LogP contribution in [0.3, 0.4) is 0 Å². The Kier molecular flexibility index (Phi) is 3.47. The molecule has 0 aliphatic carbocycles. The second kappa shape index (κ2) is 4.87. The van der Waals surface area contributed by atoms with Crippen molar-refractivity contribution < 1.29 is 18.3 Å². The van der Waals surface area contributed by atoms with Crippen molar-refractivity contribution in [3.05, 3.63) is 29.3 Å². The molecule has 0 saturated carbocycles. The van der Waals surface area contributed by atoms with Crippen LogP contribution in [-0.4, -0.2) is 29.8 Å². The summed E-state index contributed by atoms with van der Waals surface area (Å²) in [5, 5.41) is 0. The summed E-state index contributed by atoms with van der Waals surface area (Å²) in [5.74, 6) is -1.87. The van der Waals surface area contributed by atoms with E-state index in [1.165, 1.54) is 4.90 Å². The van der Waals surface area contributed by atoms with E-state index in [1.54, 1.807) is 0 Å². The van der Waals surface area contributed by atoms with Crippen molar-refractivity contribution in [3.8, 4) is 5.75 Å². The number of carbonyl (C=O) groups excluding carboxylic acids is 1. The predicted octanol–water partition coefficient (Wildman–Crippen LogP) is 1.92. The van der Waals surface area contributed by atoms with E-state index < -0.39 is 11.6 Å². The van der Waals surface area contributed by atoms with Gasteiger partial charge in [0.05, 0.1) is 6.54 Å². The maximum absolute atomic E-state index is 13.4. The first-order chi connectivity index (χ1) is 8.11. The highest BCUT2D eigenvalue weighted by molar-refractivity contribution is 6.27. The molecule has 92 valence electrons. The standard InChI is InChI=1S/C11H10ClF2NO2/c12-5-10(16)15-1-2-17-11-7(6-15)3-8(13)4-9(11)14/h3-4H,1-2,5-6H2. The predicted molar refractivity (Wildman–Crippen MR) is 58.0 cm³/mol. The zero-order chi connectivity index (χ0) is 12.4. The molecule has 1 aromatic carbocycles. The minimum atomic E-state index is -0.750. The normalized spacial score (nSPS) is 14.9. The molecule has 0 fully saturated rings. The molecule has 1 heterocycles. The van der Waals surface area contributed by atoms with Crippen molar-refractivity contribution in [2.75, 3.05) is 19.0 Å². The number of halogens is 3. The monoisotopic (exact) mass is 261 g/mol. The number of benzene rings is 1. The molecule has 0 spiro atoms. The van der Waals surface area contributed by atoms with Gasteiger partial charge in [-0.2, -0.15) is 0 Å². The van der Waals surface area contributed by atoms with Gasteiger partial charge in [-0.05, 0) is 6.07 Å². The highest BCUT2D eigenvalue weighted by Crippen LogP contribution is 2.27. The maximum Gasteiger partial charge on any atom is 0.237 e.